The number of aromatic amines is 1. The van der Waals surface area contributed by atoms with Crippen LogP contribution in [0.25, 0.3) is 10.9 Å². The molecular weight excluding hydrogens is 278 g/mol. The average Bonchev–Trinajstić information content (AvgIpc) is 2.43. The molecule has 1 atom stereocenters. The Morgan fingerprint density at radius 1 is 1.35 bits per heavy atom. The van der Waals surface area contributed by atoms with Gasteiger partial charge in [0.2, 0.25) is 5.56 Å². The molecule has 0 saturated carbocycles. The van der Waals surface area contributed by atoms with Gasteiger partial charge in [0, 0.05) is 29.6 Å². The molecule has 1 unspecified atom stereocenters. The molecule has 0 spiro atoms. The molecule has 0 aliphatic carbocycles. The maximum atomic E-state index is 12.1. The molecule has 1 aromatic carbocycles. The van der Waals surface area contributed by atoms with E-state index in [1.807, 2.05) is 32.2 Å². The van der Waals surface area contributed by atoms with Crippen molar-refractivity contribution in [3.8, 4) is 0 Å². The number of hydrogen-bond acceptors (Lipinski definition) is 3. The van der Waals surface area contributed by atoms with E-state index in [1.165, 1.54) is 6.07 Å². The summed E-state index contributed by atoms with van der Waals surface area (Å²) in [5.74, 6) is -0.232. The van der Waals surface area contributed by atoms with E-state index < -0.39 is 0 Å². The highest BCUT2D eigenvalue weighted by Crippen LogP contribution is 2.14. The van der Waals surface area contributed by atoms with Crippen LogP contribution in [0.2, 0.25) is 0 Å². The molecule has 0 radical (unpaired) electrons. The predicted molar refractivity (Wildman–Crippen MR) is 82.7 cm³/mol. The molecule has 5 nitrogen and oxygen atoms in total. The van der Waals surface area contributed by atoms with Gasteiger partial charge in [-0.2, -0.15) is 0 Å². The number of fused-ring (bicyclic) bond motifs is 1. The molecule has 1 heterocycles. The highest BCUT2D eigenvalue weighted by atomic mass is 35.5. The minimum atomic E-state index is -0.273. The van der Waals surface area contributed by atoms with Crippen LogP contribution < -0.4 is 16.2 Å². The quantitative estimate of drug-likeness (QED) is 0.796. The van der Waals surface area contributed by atoms with Gasteiger partial charge in [-0.25, -0.2) is 0 Å². The molecule has 1 aromatic heterocycles. The third-order valence-electron chi connectivity index (χ3n) is 3.06. The van der Waals surface area contributed by atoms with Crippen LogP contribution in [0.5, 0.6) is 0 Å². The summed E-state index contributed by atoms with van der Waals surface area (Å²) in [6.45, 7) is 2.48. The van der Waals surface area contributed by atoms with Crippen LogP contribution in [-0.2, 0) is 0 Å². The zero-order chi connectivity index (χ0) is 13.8. The number of carbonyl (C=O) groups is 1. The largest absolute Gasteiger partial charge is 0.350 e. The predicted octanol–water partition coefficient (Wildman–Crippen LogP) is 1.29. The van der Waals surface area contributed by atoms with Crippen molar-refractivity contribution in [1.29, 1.82) is 0 Å². The second-order valence-electron chi connectivity index (χ2n) is 4.49. The minimum absolute atomic E-state index is 0. The first-order valence-corrected chi connectivity index (χ1v) is 6.19. The van der Waals surface area contributed by atoms with Crippen LogP contribution in [-0.4, -0.2) is 30.5 Å². The summed E-state index contributed by atoms with van der Waals surface area (Å²) < 4.78 is 0. The van der Waals surface area contributed by atoms with Crippen LogP contribution in [0.15, 0.2) is 35.1 Å². The summed E-state index contributed by atoms with van der Waals surface area (Å²) in [5.41, 5.74) is 0.801. The Kier molecular flexibility index (Phi) is 5.73. The summed E-state index contributed by atoms with van der Waals surface area (Å²) in [6.07, 6.45) is 0. The molecule has 108 valence electrons. The number of benzene rings is 1. The van der Waals surface area contributed by atoms with E-state index in [9.17, 15) is 9.59 Å². The number of H-pyrrole nitrogens is 1. The van der Waals surface area contributed by atoms with E-state index in [0.717, 1.165) is 5.39 Å². The van der Waals surface area contributed by atoms with Gasteiger partial charge in [-0.15, -0.1) is 12.4 Å². The van der Waals surface area contributed by atoms with Gasteiger partial charge in [0.1, 0.15) is 0 Å². The zero-order valence-electron chi connectivity index (χ0n) is 11.4. The lowest BCUT2D eigenvalue weighted by Gasteiger charge is -2.12. The van der Waals surface area contributed by atoms with E-state index >= 15 is 0 Å². The van der Waals surface area contributed by atoms with Crippen LogP contribution in [0.3, 0.4) is 0 Å². The summed E-state index contributed by atoms with van der Waals surface area (Å²) in [5, 5.41) is 6.60. The molecule has 2 rings (SSSR count). The molecule has 20 heavy (non-hydrogen) atoms. The van der Waals surface area contributed by atoms with Gasteiger partial charge in [-0.3, -0.25) is 9.59 Å². The number of amides is 1. The molecule has 0 bridgehead atoms. The Morgan fingerprint density at radius 2 is 2.05 bits per heavy atom. The van der Waals surface area contributed by atoms with Crippen molar-refractivity contribution in [2.75, 3.05) is 13.6 Å². The highest BCUT2D eigenvalue weighted by Gasteiger charge is 2.11. The van der Waals surface area contributed by atoms with Crippen molar-refractivity contribution in [2.45, 2.75) is 13.0 Å². The Bertz CT molecular complexity index is 654. The highest BCUT2D eigenvalue weighted by molar-refractivity contribution is 6.05. The Balaban J connectivity index is 0.00000200. The van der Waals surface area contributed by atoms with E-state index in [-0.39, 0.29) is 29.9 Å². The fraction of sp³-hybridized carbons (Fsp3) is 0.286. The molecule has 6 heteroatoms. The van der Waals surface area contributed by atoms with Crippen molar-refractivity contribution in [2.24, 2.45) is 0 Å². The number of halogens is 1. The Morgan fingerprint density at radius 3 is 2.75 bits per heavy atom. The van der Waals surface area contributed by atoms with Crippen LogP contribution >= 0.6 is 12.4 Å². The van der Waals surface area contributed by atoms with Crippen LogP contribution in [0, 0.1) is 0 Å². The van der Waals surface area contributed by atoms with Gasteiger partial charge < -0.3 is 15.6 Å². The monoisotopic (exact) mass is 295 g/mol. The second kappa shape index (κ2) is 7.07. The number of nitrogens with one attached hydrogen (secondary N) is 3. The van der Waals surface area contributed by atoms with Gasteiger partial charge >= 0.3 is 0 Å². The smallest absolute Gasteiger partial charge is 0.252 e. The number of para-hydroxylation sites is 1. The lowest BCUT2D eigenvalue weighted by atomic mass is 10.1. The topological polar surface area (TPSA) is 74.0 Å². The molecule has 0 aliphatic heterocycles. The van der Waals surface area contributed by atoms with Crippen LogP contribution in [0.1, 0.15) is 17.3 Å². The van der Waals surface area contributed by atoms with Crippen molar-refractivity contribution in [3.63, 3.8) is 0 Å². The first-order valence-electron chi connectivity index (χ1n) is 6.19. The third kappa shape index (κ3) is 3.59. The second-order valence-corrected chi connectivity index (χ2v) is 4.49. The van der Waals surface area contributed by atoms with Gasteiger partial charge in [-0.1, -0.05) is 18.2 Å². The molecular formula is C14H18ClN3O2. The maximum Gasteiger partial charge on any atom is 0.252 e. The summed E-state index contributed by atoms with van der Waals surface area (Å²) in [6, 6.07) is 8.78. The van der Waals surface area contributed by atoms with E-state index in [1.54, 1.807) is 6.07 Å². The molecule has 1 amide bonds. The fourth-order valence-electron chi connectivity index (χ4n) is 1.84. The van der Waals surface area contributed by atoms with Gasteiger partial charge in [0.15, 0.2) is 0 Å². The number of likely N-dealkylation sites (N-methyl/N-ethyl adjacent to an activating group) is 1. The van der Waals surface area contributed by atoms with Crippen LogP contribution in [0.4, 0.5) is 0 Å². The number of pyridine rings is 1. The minimum Gasteiger partial charge on any atom is -0.350 e. The molecule has 0 aliphatic rings. The third-order valence-corrected chi connectivity index (χ3v) is 3.06. The maximum absolute atomic E-state index is 12.1. The van der Waals surface area contributed by atoms with E-state index in [0.29, 0.717) is 17.6 Å². The first-order chi connectivity index (χ1) is 9.11. The summed E-state index contributed by atoms with van der Waals surface area (Å²) >= 11 is 0. The number of carbonyl (C=O) groups excluding carboxylic acids is 1. The average molecular weight is 296 g/mol. The molecule has 0 fully saturated rings. The Labute approximate surface area is 123 Å². The normalized spacial score (nSPS) is 11.7. The zero-order valence-corrected chi connectivity index (χ0v) is 12.2. The summed E-state index contributed by atoms with van der Waals surface area (Å²) in [7, 11) is 1.83. The van der Waals surface area contributed by atoms with Gasteiger partial charge in [-0.05, 0) is 20.0 Å². The number of rotatable bonds is 4. The van der Waals surface area contributed by atoms with Crippen molar-refractivity contribution >= 4 is 29.2 Å². The van der Waals surface area contributed by atoms with Crippen molar-refractivity contribution < 1.29 is 4.79 Å². The lowest BCUT2D eigenvalue weighted by molar-refractivity contribution is 0.0952. The first kappa shape index (κ1) is 16.2. The van der Waals surface area contributed by atoms with Crippen molar-refractivity contribution in [3.05, 3.63) is 46.2 Å². The van der Waals surface area contributed by atoms with E-state index in [4.69, 9.17) is 0 Å². The van der Waals surface area contributed by atoms with Crippen molar-refractivity contribution in [1.82, 2.24) is 15.6 Å². The lowest BCUT2D eigenvalue weighted by Crippen LogP contribution is -2.37. The standard InChI is InChI=1S/C14H17N3O2.ClH/c1-9(15-2)8-16-14(19)11-7-13(18)17-12-6-4-3-5-10(11)12;/h3-7,9,15H,8H2,1-2H3,(H,16,19)(H,17,18);1H. The SMILES string of the molecule is CNC(C)CNC(=O)c1cc(=O)[nH]c2ccccc12.Cl. The Hall–Kier alpha value is -1.85. The van der Waals surface area contributed by atoms with Gasteiger partial charge in [0.25, 0.3) is 5.91 Å². The molecule has 3 N–H and O–H groups in total. The van der Waals surface area contributed by atoms with E-state index in [2.05, 4.69) is 15.6 Å². The summed E-state index contributed by atoms with van der Waals surface area (Å²) in [4.78, 5) is 26.4. The fourth-order valence-corrected chi connectivity index (χ4v) is 1.84. The molecule has 0 saturated heterocycles. The molecule has 2 aromatic rings. The number of aromatic nitrogens is 1. The number of hydrogen-bond donors (Lipinski definition) is 3. The van der Waals surface area contributed by atoms with Gasteiger partial charge in [0.05, 0.1) is 5.56 Å².